The molecule has 0 amide bonds. The van der Waals surface area contributed by atoms with E-state index in [2.05, 4.69) is 10.3 Å². The maximum Gasteiger partial charge on any atom is 0.337 e. The van der Waals surface area contributed by atoms with Crippen molar-refractivity contribution in [3.63, 3.8) is 0 Å². The van der Waals surface area contributed by atoms with Crippen LogP contribution in [0.25, 0.3) is 0 Å². The summed E-state index contributed by atoms with van der Waals surface area (Å²) in [6, 6.07) is 6.83. The number of guanidine groups is 1. The minimum absolute atomic E-state index is 0.258. The number of anilines is 1. The smallest absolute Gasteiger partial charge is 0.337 e. The Bertz CT molecular complexity index is 457. The van der Waals surface area contributed by atoms with Gasteiger partial charge in [-0.1, -0.05) is 12.1 Å². The van der Waals surface area contributed by atoms with Crippen molar-refractivity contribution >= 4 is 17.6 Å². The summed E-state index contributed by atoms with van der Waals surface area (Å²) >= 11 is 0. The SMILES string of the molecule is CN1CCCN=C1Nc1ccccc1C(=O)O. The monoisotopic (exact) mass is 233 g/mol. The number of hydrogen-bond donors (Lipinski definition) is 2. The van der Waals surface area contributed by atoms with Crippen LogP contribution in [-0.2, 0) is 0 Å². The summed E-state index contributed by atoms with van der Waals surface area (Å²) in [4.78, 5) is 17.4. The van der Waals surface area contributed by atoms with Crippen LogP contribution in [0, 0.1) is 0 Å². The minimum atomic E-state index is -0.938. The van der Waals surface area contributed by atoms with Gasteiger partial charge in [-0.25, -0.2) is 4.79 Å². The largest absolute Gasteiger partial charge is 0.478 e. The Morgan fingerprint density at radius 2 is 2.24 bits per heavy atom. The number of carboxylic acids is 1. The van der Waals surface area contributed by atoms with Crippen molar-refractivity contribution in [1.82, 2.24) is 4.90 Å². The summed E-state index contributed by atoms with van der Waals surface area (Å²) in [5.41, 5.74) is 0.835. The molecule has 1 aromatic rings. The second-order valence-electron chi connectivity index (χ2n) is 3.96. The second-order valence-corrected chi connectivity index (χ2v) is 3.96. The number of para-hydroxylation sites is 1. The number of carbonyl (C=O) groups is 1. The van der Waals surface area contributed by atoms with Crippen LogP contribution in [-0.4, -0.2) is 42.1 Å². The summed E-state index contributed by atoms with van der Waals surface area (Å²) in [6.07, 6.45) is 1.03. The molecule has 0 atom stereocenters. The highest BCUT2D eigenvalue weighted by Crippen LogP contribution is 2.16. The van der Waals surface area contributed by atoms with Crippen molar-refractivity contribution < 1.29 is 9.90 Å². The van der Waals surface area contributed by atoms with Crippen molar-refractivity contribution in [3.8, 4) is 0 Å². The molecule has 1 aliphatic heterocycles. The molecule has 1 heterocycles. The molecule has 5 nitrogen and oxygen atoms in total. The summed E-state index contributed by atoms with van der Waals surface area (Å²) in [5, 5.41) is 12.1. The van der Waals surface area contributed by atoms with E-state index in [1.807, 2.05) is 11.9 Å². The number of rotatable bonds is 2. The van der Waals surface area contributed by atoms with Gasteiger partial charge in [0.2, 0.25) is 0 Å². The number of benzene rings is 1. The Labute approximate surface area is 99.8 Å². The van der Waals surface area contributed by atoms with E-state index in [4.69, 9.17) is 5.11 Å². The molecule has 0 aliphatic carbocycles. The van der Waals surface area contributed by atoms with Gasteiger partial charge < -0.3 is 15.3 Å². The Morgan fingerprint density at radius 3 is 2.94 bits per heavy atom. The molecular weight excluding hydrogens is 218 g/mol. The van der Waals surface area contributed by atoms with Crippen molar-refractivity contribution in [1.29, 1.82) is 0 Å². The molecule has 0 saturated carbocycles. The fourth-order valence-corrected chi connectivity index (χ4v) is 1.75. The Morgan fingerprint density at radius 1 is 1.47 bits per heavy atom. The van der Waals surface area contributed by atoms with Crippen LogP contribution >= 0.6 is 0 Å². The molecule has 90 valence electrons. The number of hydrogen-bond acceptors (Lipinski definition) is 4. The maximum absolute atomic E-state index is 11.1. The number of aromatic carboxylic acids is 1. The first-order chi connectivity index (χ1) is 8.18. The third kappa shape index (κ3) is 2.55. The molecule has 17 heavy (non-hydrogen) atoms. The highest BCUT2D eigenvalue weighted by molar-refractivity contribution is 6.01. The van der Waals surface area contributed by atoms with Gasteiger partial charge in [-0.05, 0) is 18.6 Å². The lowest BCUT2D eigenvalue weighted by Gasteiger charge is -2.26. The molecule has 1 aliphatic rings. The second kappa shape index (κ2) is 4.86. The van der Waals surface area contributed by atoms with Crippen LogP contribution in [0.3, 0.4) is 0 Å². The number of carboxylic acid groups (broad SMARTS) is 1. The molecule has 0 unspecified atom stereocenters. The van der Waals surface area contributed by atoms with E-state index in [1.54, 1.807) is 24.3 Å². The lowest BCUT2D eigenvalue weighted by Crippen LogP contribution is -2.37. The fourth-order valence-electron chi connectivity index (χ4n) is 1.75. The zero-order valence-corrected chi connectivity index (χ0v) is 9.68. The van der Waals surface area contributed by atoms with Crippen molar-refractivity contribution in [2.45, 2.75) is 6.42 Å². The third-order valence-electron chi connectivity index (χ3n) is 2.68. The molecule has 0 fully saturated rings. The van der Waals surface area contributed by atoms with E-state index in [0.717, 1.165) is 25.5 Å². The minimum Gasteiger partial charge on any atom is -0.478 e. The Kier molecular flexibility index (Phi) is 3.27. The topological polar surface area (TPSA) is 64.9 Å². The van der Waals surface area contributed by atoms with Crippen LogP contribution < -0.4 is 5.32 Å². The van der Waals surface area contributed by atoms with Crippen molar-refractivity contribution in [2.75, 3.05) is 25.5 Å². The molecule has 0 bridgehead atoms. The summed E-state index contributed by atoms with van der Waals surface area (Å²) in [7, 11) is 1.94. The Balaban J connectivity index is 2.24. The molecule has 0 radical (unpaired) electrons. The predicted octanol–water partition coefficient (Wildman–Crippen LogP) is 1.49. The van der Waals surface area contributed by atoms with Gasteiger partial charge >= 0.3 is 5.97 Å². The van der Waals surface area contributed by atoms with Gasteiger partial charge in [0.05, 0.1) is 11.3 Å². The lowest BCUT2D eigenvalue weighted by atomic mass is 10.2. The molecule has 0 spiro atoms. The van der Waals surface area contributed by atoms with E-state index in [0.29, 0.717) is 5.69 Å². The average molecular weight is 233 g/mol. The molecule has 5 heteroatoms. The Hall–Kier alpha value is -2.04. The van der Waals surface area contributed by atoms with E-state index < -0.39 is 5.97 Å². The molecule has 0 saturated heterocycles. The number of nitrogens with zero attached hydrogens (tertiary/aromatic N) is 2. The quantitative estimate of drug-likeness (QED) is 0.812. The summed E-state index contributed by atoms with van der Waals surface area (Å²) < 4.78 is 0. The molecule has 2 rings (SSSR count). The molecular formula is C12H15N3O2. The van der Waals surface area contributed by atoms with Crippen LogP contribution in [0.5, 0.6) is 0 Å². The van der Waals surface area contributed by atoms with Crippen molar-refractivity contribution in [3.05, 3.63) is 29.8 Å². The van der Waals surface area contributed by atoms with Crippen LogP contribution in [0.4, 0.5) is 5.69 Å². The van der Waals surface area contributed by atoms with E-state index in [1.165, 1.54) is 0 Å². The van der Waals surface area contributed by atoms with Gasteiger partial charge in [0.15, 0.2) is 5.96 Å². The predicted molar refractivity (Wildman–Crippen MR) is 66.6 cm³/mol. The molecule has 1 aromatic carbocycles. The van der Waals surface area contributed by atoms with Gasteiger partial charge in [-0.3, -0.25) is 4.99 Å². The highest BCUT2D eigenvalue weighted by atomic mass is 16.4. The normalized spacial score (nSPS) is 15.4. The first-order valence-corrected chi connectivity index (χ1v) is 5.53. The van der Waals surface area contributed by atoms with E-state index >= 15 is 0 Å². The first-order valence-electron chi connectivity index (χ1n) is 5.53. The summed E-state index contributed by atoms with van der Waals surface area (Å²) in [5.74, 6) is -0.211. The van der Waals surface area contributed by atoms with Crippen LogP contribution in [0.1, 0.15) is 16.8 Å². The van der Waals surface area contributed by atoms with E-state index in [-0.39, 0.29) is 5.56 Å². The van der Waals surface area contributed by atoms with Crippen LogP contribution in [0.2, 0.25) is 0 Å². The number of aliphatic imine (C=N–C) groups is 1. The van der Waals surface area contributed by atoms with Gasteiger partial charge in [0.1, 0.15) is 0 Å². The fraction of sp³-hybridized carbons (Fsp3) is 0.333. The summed E-state index contributed by atoms with van der Waals surface area (Å²) in [6.45, 7) is 1.71. The zero-order valence-electron chi connectivity index (χ0n) is 9.68. The van der Waals surface area contributed by atoms with Gasteiger partial charge in [0, 0.05) is 20.1 Å². The van der Waals surface area contributed by atoms with Gasteiger partial charge in [-0.2, -0.15) is 0 Å². The van der Waals surface area contributed by atoms with Gasteiger partial charge in [0.25, 0.3) is 0 Å². The molecule has 0 aromatic heterocycles. The van der Waals surface area contributed by atoms with Gasteiger partial charge in [-0.15, -0.1) is 0 Å². The first kappa shape index (κ1) is 11.4. The van der Waals surface area contributed by atoms with Crippen LogP contribution in [0.15, 0.2) is 29.3 Å². The number of nitrogens with one attached hydrogen (secondary N) is 1. The standard InChI is InChI=1S/C12H15N3O2/c1-15-8-4-7-13-12(15)14-10-6-3-2-5-9(10)11(16)17/h2-3,5-6H,4,7-8H2,1H3,(H,13,14)(H,16,17). The maximum atomic E-state index is 11.1. The third-order valence-corrected chi connectivity index (χ3v) is 2.68. The zero-order chi connectivity index (χ0) is 12.3. The lowest BCUT2D eigenvalue weighted by molar-refractivity contribution is 0.0698. The average Bonchev–Trinajstić information content (AvgIpc) is 2.32. The highest BCUT2D eigenvalue weighted by Gasteiger charge is 2.14. The van der Waals surface area contributed by atoms with Crippen molar-refractivity contribution in [2.24, 2.45) is 4.99 Å². The molecule has 2 N–H and O–H groups in total. The van der Waals surface area contributed by atoms with E-state index in [9.17, 15) is 4.79 Å².